The van der Waals surface area contributed by atoms with Crippen LogP contribution >= 0.6 is 11.6 Å². The summed E-state index contributed by atoms with van der Waals surface area (Å²) in [6, 6.07) is 3.53. The molecule has 0 amide bonds. The van der Waals surface area contributed by atoms with Crippen molar-refractivity contribution in [1.82, 2.24) is 0 Å². The molecule has 0 heterocycles. The number of anilines is 1. The van der Waals surface area contributed by atoms with Crippen LogP contribution in [0.4, 0.5) is 10.1 Å². The number of halogens is 2. The smallest absolute Gasteiger partial charge is 0.237 e. The van der Waals surface area contributed by atoms with Gasteiger partial charge in [0.25, 0.3) is 0 Å². The predicted molar refractivity (Wildman–Crippen MR) is 60.5 cm³/mol. The highest BCUT2D eigenvalue weighted by molar-refractivity contribution is 7.93. The van der Waals surface area contributed by atoms with E-state index >= 15 is 0 Å². The largest absolute Gasteiger partial charge is 0.395 e. The van der Waals surface area contributed by atoms with Crippen molar-refractivity contribution >= 4 is 27.3 Å². The van der Waals surface area contributed by atoms with Crippen LogP contribution in [0.5, 0.6) is 0 Å². The lowest BCUT2D eigenvalue weighted by atomic mass is 10.3. The highest BCUT2D eigenvalue weighted by atomic mass is 35.5. The molecule has 1 aromatic rings. The molecule has 0 aliphatic heterocycles. The molecule has 4 nitrogen and oxygen atoms in total. The van der Waals surface area contributed by atoms with Gasteiger partial charge in [-0.1, -0.05) is 11.6 Å². The summed E-state index contributed by atoms with van der Waals surface area (Å²) in [5, 5.41) is 7.93. The molecule has 90 valence electrons. The Morgan fingerprint density at radius 1 is 1.56 bits per heavy atom. The molecule has 0 aliphatic rings. The van der Waals surface area contributed by atoms with Crippen molar-refractivity contribution in [3.63, 3.8) is 0 Å². The van der Waals surface area contributed by atoms with Crippen molar-refractivity contribution in [1.29, 1.82) is 0 Å². The lowest BCUT2D eigenvalue weighted by Gasteiger charge is -2.13. The molecule has 1 atom stereocenters. The topological polar surface area (TPSA) is 66.4 Å². The van der Waals surface area contributed by atoms with Crippen molar-refractivity contribution in [2.75, 3.05) is 11.3 Å². The number of nitrogens with one attached hydrogen (secondary N) is 1. The van der Waals surface area contributed by atoms with Gasteiger partial charge in [-0.05, 0) is 25.1 Å². The lowest BCUT2D eigenvalue weighted by Crippen LogP contribution is -2.28. The normalized spacial score (nSPS) is 13.5. The van der Waals surface area contributed by atoms with Crippen molar-refractivity contribution < 1.29 is 17.9 Å². The standard InChI is InChI=1S/C9H11ClFNO3S/c1-6(5-13)16(14,15)12-9-4-7(10)2-3-8(9)11/h2-4,6,12-13H,5H2,1H3. The van der Waals surface area contributed by atoms with E-state index in [9.17, 15) is 12.8 Å². The van der Waals surface area contributed by atoms with E-state index in [1.165, 1.54) is 19.1 Å². The van der Waals surface area contributed by atoms with Crippen LogP contribution in [0, 0.1) is 5.82 Å². The molecule has 0 saturated heterocycles. The van der Waals surface area contributed by atoms with Crippen molar-refractivity contribution in [3.8, 4) is 0 Å². The minimum atomic E-state index is -3.80. The van der Waals surface area contributed by atoms with Gasteiger partial charge < -0.3 is 5.11 Å². The van der Waals surface area contributed by atoms with Crippen LogP contribution in [0.3, 0.4) is 0 Å². The molecule has 2 N–H and O–H groups in total. The second-order valence-electron chi connectivity index (χ2n) is 3.26. The van der Waals surface area contributed by atoms with E-state index in [0.29, 0.717) is 0 Å². The Hall–Kier alpha value is -0.850. The Morgan fingerprint density at radius 2 is 2.19 bits per heavy atom. The third-order valence-electron chi connectivity index (χ3n) is 1.97. The molecule has 1 aromatic carbocycles. The third kappa shape index (κ3) is 3.07. The summed E-state index contributed by atoms with van der Waals surface area (Å²) in [7, 11) is -3.80. The van der Waals surface area contributed by atoms with Crippen LogP contribution in [-0.2, 0) is 10.0 Å². The zero-order valence-corrected chi connectivity index (χ0v) is 10.0. The van der Waals surface area contributed by atoms with Gasteiger partial charge in [0.05, 0.1) is 12.3 Å². The first-order valence-electron chi connectivity index (χ1n) is 4.44. The molecular formula is C9H11ClFNO3S. The summed E-state index contributed by atoms with van der Waals surface area (Å²) in [4.78, 5) is 0. The number of rotatable bonds is 4. The molecule has 16 heavy (non-hydrogen) atoms. The molecule has 0 aliphatic carbocycles. The van der Waals surface area contributed by atoms with E-state index in [2.05, 4.69) is 0 Å². The first-order valence-corrected chi connectivity index (χ1v) is 6.37. The van der Waals surface area contributed by atoms with Crippen LogP contribution in [0.2, 0.25) is 5.02 Å². The van der Waals surface area contributed by atoms with Crippen LogP contribution in [0.1, 0.15) is 6.92 Å². The van der Waals surface area contributed by atoms with E-state index in [1.54, 1.807) is 0 Å². The molecule has 0 saturated carbocycles. The Labute approximate surface area is 98.1 Å². The maximum atomic E-state index is 13.2. The van der Waals surface area contributed by atoms with E-state index in [-0.39, 0.29) is 10.7 Å². The van der Waals surface area contributed by atoms with Gasteiger partial charge in [0, 0.05) is 5.02 Å². The maximum Gasteiger partial charge on any atom is 0.237 e. The Bertz CT molecular complexity index is 478. The van der Waals surface area contributed by atoms with Crippen LogP contribution in [0.25, 0.3) is 0 Å². The van der Waals surface area contributed by atoms with Crippen LogP contribution in [0.15, 0.2) is 18.2 Å². The third-order valence-corrected chi connectivity index (χ3v) is 3.92. The fourth-order valence-electron chi connectivity index (χ4n) is 0.928. The lowest BCUT2D eigenvalue weighted by molar-refractivity contribution is 0.296. The van der Waals surface area contributed by atoms with Crippen LogP contribution < -0.4 is 4.72 Å². The van der Waals surface area contributed by atoms with Crippen molar-refractivity contribution in [2.24, 2.45) is 0 Å². The maximum absolute atomic E-state index is 13.2. The molecule has 7 heteroatoms. The molecule has 0 aromatic heterocycles. The number of aliphatic hydroxyl groups is 1. The number of benzene rings is 1. The molecule has 1 unspecified atom stereocenters. The Morgan fingerprint density at radius 3 is 2.75 bits per heavy atom. The van der Waals surface area contributed by atoms with Gasteiger partial charge in [-0.2, -0.15) is 0 Å². The van der Waals surface area contributed by atoms with Gasteiger partial charge >= 0.3 is 0 Å². The van der Waals surface area contributed by atoms with Gasteiger partial charge in [-0.25, -0.2) is 12.8 Å². The number of hydrogen-bond donors (Lipinski definition) is 2. The summed E-state index contributed by atoms with van der Waals surface area (Å²) >= 11 is 5.61. The SMILES string of the molecule is CC(CO)S(=O)(=O)Nc1cc(Cl)ccc1F. The summed E-state index contributed by atoms with van der Waals surface area (Å²) in [6.07, 6.45) is 0. The second kappa shape index (κ2) is 4.99. The van der Waals surface area contributed by atoms with E-state index in [0.717, 1.165) is 6.07 Å². The second-order valence-corrected chi connectivity index (χ2v) is 5.80. The fourth-order valence-corrected chi connectivity index (χ4v) is 1.96. The van der Waals surface area contributed by atoms with Gasteiger partial charge in [0.2, 0.25) is 10.0 Å². The minimum Gasteiger partial charge on any atom is -0.395 e. The number of sulfonamides is 1. The highest BCUT2D eigenvalue weighted by Crippen LogP contribution is 2.21. The quantitative estimate of drug-likeness (QED) is 0.871. The molecule has 0 bridgehead atoms. The Kier molecular flexibility index (Phi) is 4.12. The average molecular weight is 268 g/mol. The van der Waals surface area contributed by atoms with E-state index in [1.807, 2.05) is 4.72 Å². The predicted octanol–water partition coefficient (Wildman–Crippen LogP) is 1.60. The molecule has 0 spiro atoms. The number of aliphatic hydroxyl groups excluding tert-OH is 1. The highest BCUT2D eigenvalue weighted by Gasteiger charge is 2.21. The van der Waals surface area contributed by atoms with Gasteiger partial charge in [0.1, 0.15) is 11.1 Å². The minimum absolute atomic E-state index is 0.218. The molecule has 0 fully saturated rings. The van der Waals surface area contributed by atoms with Crippen molar-refractivity contribution in [3.05, 3.63) is 29.0 Å². The van der Waals surface area contributed by atoms with Gasteiger partial charge in [-0.3, -0.25) is 4.72 Å². The van der Waals surface area contributed by atoms with Crippen molar-refractivity contribution in [2.45, 2.75) is 12.2 Å². The fraction of sp³-hybridized carbons (Fsp3) is 0.333. The first kappa shape index (κ1) is 13.2. The van der Waals surface area contributed by atoms with Crippen LogP contribution in [-0.4, -0.2) is 25.4 Å². The molecule has 0 radical (unpaired) electrons. The summed E-state index contributed by atoms with van der Waals surface area (Å²) in [6.45, 7) is 0.766. The van der Waals surface area contributed by atoms with E-state index in [4.69, 9.17) is 16.7 Å². The molecule has 1 rings (SSSR count). The Balaban J connectivity index is 3.01. The molecular weight excluding hydrogens is 257 g/mol. The average Bonchev–Trinajstić information content (AvgIpc) is 2.22. The van der Waals surface area contributed by atoms with Gasteiger partial charge in [0.15, 0.2) is 0 Å². The van der Waals surface area contributed by atoms with E-state index < -0.39 is 27.7 Å². The number of hydrogen-bond acceptors (Lipinski definition) is 3. The summed E-state index contributed by atoms with van der Waals surface area (Å²) < 4.78 is 38.3. The van der Waals surface area contributed by atoms with Gasteiger partial charge in [-0.15, -0.1) is 0 Å². The monoisotopic (exact) mass is 267 g/mol. The summed E-state index contributed by atoms with van der Waals surface area (Å²) in [5.41, 5.74) is -0.229. The zero-order valence-electron chi connectivity index (χ0n) is 8.44. The first-order chi connectivity index (χ1) is 7.36. The zero-order chi connectivity index (χ0) is 12.3. The summed E-state index contributed by atoms with van der Waals surface area (Å²) in [5.74, 6) is -0.724.